The van der Waals surface area contributed by atoms with Gasteiger partial charge in [0.2, 0.25) is 5.91 Å². The molecule has 1 fully saturated rings. The molecule has 8 heteroatoms. The molecule has 148 valence electrons. The number of benzene rings is 1. The lowest BCUT2D eigenvalue weighted by Crippen LogP contribution is -2.47. The van der Waals surface area contributed by atoms with Crippen LogP contribution in [0.4, 0.5) is 4.79 Å². The number of nitrogens with zero attached hydrogens (tertiary/aromatic N) is 3. The molecule has 0 unspecified atom stereocenters. The number of amides is 2. The molecular weight excluding hydrogens is 350 g/mol. The van der Waals surface area contributed by atoms with Crippen molar-refractivity contribution in [1.29, 1.82) is 0 Å². The summed E-state index contributed by atoms with van der Waals surface area (Å²) in [5.41, 5.74) is 1.00. The lowest BCUT2D eigenvalue weighted by atomic mass is 10.1. The average molecular weight is 377 g/mol. The largest absolute Gasteiger partial charge is 0.452 e. The Bertz CT molecular complexity index is 629. The van der Waals surface area contributed by atoms with Crippen molar-refractivity contribution >= 4 is 18.0 Å². The highest BCUT2D eigenvalue weighted by atomic mass is 17.2. The zero-order valence-electron chi connectivity index (χ0n) is 15.9. The summed E-state index contributed by atoms with van der Waals surface area (Å²) in [4.78, 5) is 50.0. The fraction of sp³-hybridized carbons (Fsp3) is 0.526. The molecule has 2 amide bonds. The van der Waals surface area contributed by atoms with Gasteiger partial charge in [0.05, 0.1) is 6.42 Å². The monoisotopic (exact) mass is 377 g/mol. The minimum atomic E-state index is -0.797. The Morgan fingerprint density at radius 2 is 1.67 bits per heavy atom. The topological polar surface area (TPSA) is 79.4 Å². The van der Waals surface area contributed by atoms with Crippen molar-refractivity contribution < 1.29 is 24.2 Å². The number of rotatable bonds is 6. The SMILES string of the molecule is CN1CCN(C(=O)CCN(C)C(=O)OOC(=O)CCc2ccccc2)CC1. The highest BCUT2D eigenvalue weighted by Crippen LogP contribution is 2.05. The predicted octanol–water partition coefficient (Wildman–Crippen LogP) is 1.31. The van der Waals surface area contributed by atoms with Crippen molar-refractivity contribution in [3.8, 4) is 0 Å². The smallest absolute Gasteiger partial charge is 0.340 e. The summed E-state index contributed by atoms with van der Waals surface area (Å²) in [5.74, 6) is -0.614. The van der Waals surface area contributed by atoms with Gasteiger partial charge in [0.1, 0.15) is 0 Å². The van der Waals surface area contributed by atoms with E-state index in [1.54, 1.807) is 4.90 Å². The predicted molar refractivity (Wildman–Crippen MR) is 98.7 cm³/mol. The number of piperazine rings is 1. The van der Waals surface area contributed by atoms with Gasteiger partial charge < -0.3 is 14.7 Å². The molecule has 0 atom stereocenters. The van der Waals surface area contributed by atoms with Crippen molar-refractivity contribution in [1.82, 2.24) is 14.7 Å². The van der Waals surface area contributed by atoms with Gasteiger partial charge in [-0.1, -0.05) is 30.3 Å². The van der Waals surface area contributed by atoms with Gasteiger partial charge in [0.25, 0.3) is 0 Å². The summed E-state index contributed by atoms with van der Waals surface area (Å²) < 4.78 is 0. The Balaban J connectivity index is 1.61. The van der Waals surface area contributed by atoms with E-state index >= 15 is 0 Å². The van der Waals surface area contributed by atoms with Crippen LogP contribution in [0.25, 0.3) is 0 Å². The lowest BCUT2D eigenvalue weighted by Gasteiger charge is -2.32. The van der Waals surface area contributed by atoms with E-state index in [-0.39, 0.29) is 25.3 Å². The zero-order valence-corrected chi connectivity index (χ0v) is 15.9. The van der Waals surface area contributed by atoms with Gasteiger partial charge in [-0.2, -0.15) is 0 Å². The van der Waals surface area contributed by atoms with Gasteiger partial charge in [-0.3, -0.25) is 4.79 Å². The van der Waals surface area contributed by atoms with Crippen LogP contribution in [0.1, 0.15) is 18.4 Å². The van der Waals surface area contributed by atoms with Crippen molar-refractivity contribution in [3.05, 3.63) is 35.9 Å². The van der Waals surface area contributed by atoms with Gasteiger partial charge in [-0.25, -0.2) is 19.4 Å². The molecule has 2 rings (SSSR count). The van der Waals surface area contributed by atoms with Crippen molar-refractivity contribution in [2.24, 2.45) is 0 Å². The Morgan fingerprint density at radius 1 is 1.00 bits per heavy atom. The molecule has 0 aliphatic carbocycles. The molecule has 27 heavy (non-hydrogen) atoms. The van der Waals surface area contributed by atoms with Crippen LogP contribution in [-0.2, 0) is 25.8 Å². The number of hydrogen-bond donors (Lipinski definition) is 0. The van der Waals surface area contributed by atoms with Crippen LogP contribution < -0.4 is 0 Å². The molecule has 0 saturated carbocycles. The van der Waals surface area contributed by atoms with E-state index in [9.17, 15) is 14.4 Å². The molecule has 1 aromatic rings. The summed E-state index contributed by atoms with van der Waals surface area (Å²) in [7, 11) is 3.52. The quantitative estimate of drug-likeness (QED) is 0.549. The Morgan fingerprint density at radius 3 is 2.33 bits per heavy atom. The summed E-state index contributed by atoms with van der Waals surface area (Å²) in [5, 5.41) is 0. The zero-order chi connectivity index (χ0) is 19.6. The van der Waals surface area contributed by atoms with E-state index in [0.717, 1.165) is 18.7 Å². The molecule has 0 radical (unpaired) electrons. The third kappa shape index (κ3) is 7.26. The van der Waals surface area contributed by atoms with Gasteiger partial charge in [-0.05, 0) is 19.0 Å². The van der Waals surface area contributed by atoms with Gasteiger partial charge in [0.15, 0.2) is 0 Å². The van der Waals surface area contributed by atoms with Gasteiger partial charge >= 0.3 is 12.1 Å². The molecule has 1 aliphatic rings. The number of hydrogen-bond acceptors (Lipinski definition) is 6. The standard InChI is InChI=1S/C19H27N3O5/c1-20-12-14-22(15-13-20)17(23)10-11-21(2)19(25)27-26-18(24)9-8-16-6-4-3-5-7-16/h3-7H,8-15H2,1-2H3. The van der Waals surface area contributed by atoms with Gasteiger partial charge in [0, 0.05) is 46.2 Å². The van der Waals surface area contributed by atoms with Crippen LogP contribution in [0.15, 0.2) is 30.3 Å². The maximum absolute atomic E-state index is 12.2. The van der Waals surface area contributed by atoms with E-state index in [0.29, 0.717) is 19.5 Å². The first kappa shape index (κ1) is 20.7. The van der Waals surface area contributed by atoms with E-state index in [4.69, 9.17) is 0 Å². The minimum Gasteiger partial charge on any atom is -0.340 e. The highest BCUT2D eigenvalue weighted by molar-refractivity contribution is 5.77. The van der Waals surface area contributed by atoms with Crippen LogP contribution in [0.5, 0.6) is 0 Å². The van der Waals surface area contributed by atoms with Crippen LogP contribution in [0.2, 0.25) is 0 Å². The lowest BCUT2D eigenvalue weighted by molar-refractivity contribution is -0.236. The number of likely N-dealkylation sites (N-methyl/N-ethyl adjacent to an activating group) is 1. The fourth-order valence-corrected chi connectivity index (χ4v) is 2.65. The maximum Gasteiger partial charge on any atom is 0.452 e. The van der Waals surface area contributed by atoms with Crippen LogP contribution in [0.3, 0.4) is 0 Å². The normalized spacial score (nSPS) is 14.5. The first-order chi connectivity index (χ1) is 13.0. The van der Waals surface area contributed by atoms with Crippen molar-refractivity contribution in [2.75, 3.05) is 46.8 Å². The third-order valence-electron chi connectivity index (χ3n) is 4.50. The van der Waals surface area contributed by atoms with Crippen molar-refractivity contribution in [3.63, 3.8) is 0 Å². The molecule has 8 nitrogen and oxygen atoms in total. The van der Waals surface area contributed by atoms with E-state index in [1.165, 1.54) is 11.9 Å². The fourth-order valence-electron chi connectivity index (χ4n) is 2.65. The minimum absolute atomic E-state index is 0.00241. The molecule has 1 aliphatic heterocycles. The second-order valence-electron chi connectivity index (χ2n) is 6.65. The molecule has 1 saturated heterocycles. The molecule has 0 bridgehead atoms. The molecule has 0 N–H and O–H groups in total. The third-order valence-corrected chi connectivity index (χ3v) is 4.50. The number of carbonyl (C=O) groups is 3. The molecule has 1 aromatic carbocycles. The number of aryl methyl sites for hydroxylation is 1. The maximum atomic E-state index is 12.2. The van der Waals surface area contributed by atoms with Crippen LogP contribution >= 0.6 is 0 Å². The summed E-state index contributed by atoms with van der Waals surface area (Å²) >= 11 is 0. The van der Waals surface area contributed by atoms with Crippen molar-refractivity contribution in [2.45, 2.75) is 19.3 Å². The average Bonchev–Trinajstić information content (AvgIpc) is 2.69. The first-order valence-electron chi connectivity index (χ1n) is 9.08. The van der Waals surface area contributed by atoms with Crippen LogP contribution in [-0.4, -0.2) is 79.5 Å². The summed E-state index contributed by atoms with van der Waals surface area (Å²) in [6.07, 6.45) is 0.0291. The number of carbonyl (C=O) groups excluding carboxylic acids is 3. The molecule has 1 heterocycles. The second kappa shape index (κ2) is 10.5. The highest BCUT2D eigenvalue weighted by Gasteiger charge is 2.21. The van der Waals surface area contributed by atoms with E-state index in [1.807, 2.05) is 37.4 Å². The first-order valence-corrected chi connectivity index (χ1v) is 9.08. The molecule has 0 spiro atoms. The second-order valence-corrected chi connectivity index (χ2v) is 6.65. The van der Waals surface area contributed by atoms with E-state index < -0.39 is 12.1 Å². The Hall–Kier alpha value is -2.61. The Labute approximate surface area is 159 Å². The van der Waals surface area contributed by atoms with E-state index in [2.05, 4.69) is 14.7 Å². The summed E-state index contributed by atoms with van der Waals surface area (Å²) in [6.45, 7) is 3.29. The van der Waals surface area contributed by atoms with Gasteiger partial charge in [-0.15, -0.1) is 0 Å². The molecular formula is C19H27N3O5. The Kier molecular flexibility index (Phi) is 8.06. The molecule has 0 aromatic heterocycles. The van der Waals surface area contributed by atoms with Crippen LogP contribution in [0, 0.1) is 0 Å². The summed E-state index contributed by atoms with van der Waals surface area (Å²) in [6, 6.07) is 9.49.